The number of aryl methyl sites for hydroxylation is 1. The van der Waals surface area contributed by atoms with Crippen molar-refractivity contribution in [1.82, 2.24) is 0 Å². The lowest BCUT2D eigenvalue weighted by Gasteiger charge is -2.11. The van der Waals surface area contributed by atoms with Gasteiger partial charge in [0.25, 0.3) is 0 Å². The third-order valence-corrected chi connectivity index (χ3v) is 2.61. The van der Waals surface area contributed by atoms with Gasteiger partial charge < -0.3 is 10.1 Å². The second kappa shape index (κ2) is 7.28. The predicted molar refractivity (Wildman–Crippen MR) is 69.9 cm³/mol. The third-order valence-electron chi connectivity index (χ3n) is 2.61. The summed E-state index contributed by atoms with van der Waals surface area (Å²) < 4.78 is 18.9. The van der Waals surface area contributed by atoms with Crippen molar-refractivity contribution in [3.63, 3.8) is 0 Å². The molecule has 1 N–H and O–H groups in total. The van der Waals surface area contributed by atoms with E-state index >= 15 is 0 Å². The molecule has 0 saturated carbocycles. The molecule has 0 unspecified atom stereocenters. The van der Waals surface area contributed by atoms with Crippen LogP contribution in [0.25, 0.3) is 0 Å². The second-order valence-electron chi connectivity index (χ2n) is 4.65. The molecule has 0 spiro atoms. The van der Waals surface area contributed by atoms with Gasteiger partial charge in [-0.1, -0.05) is 26.0 Å². The van der Waals surface area contributed by atoms with Gasteiger partial charge in [0.05, 0.1) is 12.3 Å². The van der Waals surface area contributed by atoms with E-state index < -0.39 is 0 Å². The molecule has 1 aromatic carbocycles. The van der Waals surface area contributed by atoms with Gasteiger partial charge in [-0.05, 0) is 30.9 Å². The number of ether oxygens (including phenoxy) is 1. The zero-order chi connectivity index (χ0) is 12.7. The van der Waals surface area contributed by atoms with Gasteiger partial charge >= 0.3 is 0 Å². The van der Waals surface area contributed by atoms with Crippen LogP contribution in [0.1, 0.15) is 25.8 Å². The maximum Gasteiger partial charge on any atom is 0.146 e. The molecule has 0 aliphatic carbocycles. The Morgan fingerprint density at radius 2 is 2.06 bits per heavy atom. The highest BCUT2D eigenvalue weighted by molar-refractivity contribution is 5.51. The zero-order valence-electron chi connectivity index (χ0n) is 10.9. The molecular weight excluding hydrogens is 217 g/mol. The number of hydrogen-bond acceptors (Lipinski definition) is 2. The van der Waals surface area contributed by atoms with Crippen LogP contribution in [0.5, 0.6) is 0 Å². The SMILES string of the molecule is Cc1cccc(F)c1NCCOCCC(C)C. The van der Waals surface area contributed by atoms with Crippen molar-refractivity contribution < 1.29 is 9.13 Å². The molecule has 3 heteroatoms. The Balaban J connectivity index is 2.22. The maximum absolute atomic E-state index is 13.4. The summed E-state index contributed by atoms with van der Waals surface area (Å²) in [5.41, 5.74) is 1.51. The van der Waals surface area contributed by atoms with E-state index in [0.29, 0.717) is 24.8 Å². The van der Waals surface area contributed by atoms with Crippen LogP contribution in [0.2, 0.25) is 0 Å². The van der Waals surface area contributed by atoms with E-state index in [2.05, 4.69) is 19.2 Å². The van der Waals surface area contributed by atoms with E-state index in [4.69, 9.17) is 4.74 Å². The van der Waals surface area contributed by atoms with E-state index in [1.165, 1.54) is 6.07 Å². The quantitative estimate of drug-likeness (QED) is 0.734. The van der Waals surface area contributed by atoms with Gasteiger partial charge in [0.15, 0.2) is 0 Å². The van der Waals surface area contributed by atoms with Crippen molar-refractivity contribution in [1.29, 1.82) is 0 Å². The van der Waals surface area contributed by atoms with Gasteiger partial charge in [0.2, 0.25) is 0 Å². The summed E-state index contributed by atoms with van der Waals surface area (Å²) in [6.45, 7) is 8.26. The van der Waals surface area contributed by atoms with Gasteiger partial charge in [-0.2, -0.15) is 0 Å². The van der Waals surface area contributed by atoms with Crippen LogP contribution in [0.3, 0.4) is 0 Å². The Kier molecular flexibility index (Phi) is 5.98. The van der Waals surface area contributed by atoms with Gasteiger partial charge in [-0.15, -0.1) is 0 Å². The lowest BCUT2D eigenvalue weighted by Crippen LogP contribution is -2.12. The molecule has 0 saturated heterocycles. The number of rotatable bonds is 7. The fourth-order valence-corrected chi connectivity index (χ4v) is 1.53. The molecule has 0 heterocycles. The molecule has 0 bridgehead atoms. The summed E-state index contributed by atoms with van der Waals surface area (Å²) in [5.74, 6) is 0.462. The fourth-order valence-electron chi connectivity index (χ4n) is 1.53. The van der Waals surface area contributed by atoms with Crippen LogP contribution in [-0.2, 0) is 4.74 Å². The van der Waals surface area contributed by atoms with Crippen LogP contribution in [0.4, 0.5) is 10.1 Å². The summed E-state index contributed by atoms with van der Waals surface area (Å²) in [7, 11) is 0. The van der Waals surface area contributed by atoms with Crippen molar-refractivity contribution >= 4 is 5.69 Å². The number of para-hydroxylation sites is 1. The minimum atomic E-state index is -0.202. The summed E-state index contributed by atoms with van der Waals surface area (Å²) in [6.07, 6.45) is 1.07. The van der Waals surface area contributed by atoms with Crippen molar-refractivity contribution in [3.8, 4) is 0 Å². The highest BCUT2D eigenvalue weighted by Crippen LogP contribution is 2.17. The molecule has 0 radical (unpaired) electrons. The largest absolute Gasteiger partial charge is 0.380 e. The average Bonchev–Trinajstić information content (AvgIpc) is 2.26. The standard InChI is InChI=1S/C14H22FNO/c1-11(2)7-9-17-10-8-16-14-12(3)5-4-6-13(14)15/h4-6,11,16H,7-10H2,1-3H3. The lowest BCUT2D eigenvalue weighted by molar-refractivity contribution is 0.132. The van der Waals surface area contributed by atoms with E-state index in [0.717, 1.165) is 18.6 Å². The molecule has 0 aromatic heterocycles. The number of benzene rings is 1. The number of halogens is 1. The van der Waals surface area contributed by atoms with Crippen molar-refractivity contribution in [2.45, 2.75) is 27.2 Å². The minimum Gasteiger partial charge on any atom is -0.380 e. The minimum absolute atomic E-state index is 0.202. The Labute approximate surface area is 103 Å². The third kappa shape index (κ3) is 5.18. The molecule has 0 aliphatic rings. The van der Waals surface area contributed by atoms with E-state index in [-0.39, 0.29) is 5.82 Å². The Bertz CT molecular complexity index is 319. The van der Waals surface area contributed by atoms with Crippen molar-refractivity contribution in [2.24, 2.45) is 5.92 Å². The second-order valence-corrected chi connectivity index (χ2v) is 4.65. The molecule has 0 atom stereocenters. The smallest absolute Gasteiger partial charge is 0.146 e. The first-order chi connectivity index (χ1) is 8.11. The van der Waals surface area contributed by atoms with Crippen LogP contribution in [0.15, 0.2) is 18.2 Å². The van der Waals surface area contributed by atoms with Crippen molar-refractivity contribution in [3.05, 3.63) is 29.6 Å². The van der Waals surface area contributed by atoms with Crippen LogP contribution < -0.4 is 5.32 Å². The first-order valence-corrected chi connectivity index (χ1v) is 6.18. The molecule has 17 heavy (non-hydrogen) atoms. The van der Waals surface area contributed by atoms with Gasteiger partial charge in [0.1, 0.15) is 5.82 Å². The number of anilines is 1. The van der Waals surface area contributed by atoms with Crippen molar-refractivity contribution in [2.75, 3.05) is 25.1 Å². The van der Waals surface area contributed by atoms with Crippen LogP contribution >= 0.6 is 0 Å². The van der Waals surface area contributed by atoms with E-state index in [9.17, 15) is 4.39 Å². The van der Waals surface area contributed by atoms with Gasteiger partial charge in [-0.25, -0.2) is 4.39 Å². The van der Waals surface area contributed by atoms with Gasteiger partial charge in [-0.3, -0.25) is 0 Å². The first-order valence-electron chi connectivity index (χ1n) is 6.18. The molecule has 0 amide bonds. The normalized spacial score (nSPS) is 10.9. The number of nitrogens with one attached hydrogen (secondary N) is 1. The van der Waals surface area contributed by atoms with E-state index in [1.54, 1.807) is 6.07 Å². The number of hydrogen-bond donors (Lipinski definition) is 1. The average molecular weight is 239 g/mol. The van der Waals surface area contributed by atoms with Crippen LogP contribution in [0, 0.1) is 18.7 Å². The molecule has 0 fully saturated rings. The monoisotopic (exact) mass is 239 g/mol. The Hall–Kier alpha value is -1.09. The maximum atomic E-state index is 13.4. The topological polar surface area (TPSA) is 21.3 Å². The zero-order valence-corrected chi connectivity index (χ0v) is 10.9. The summed E-state index contributed by atoms with van der Waals surface area (Å²) >= 11 is 0. The summed E-state index contributed by atoms with van der Waals surface area (Å²) in [4.78, 5) is 0. The van der Waals surface area contributed by atoms with Gasteiger partial charge in [0, 0.05) is 13.2 Å². The fraction of sp³-hybridized carbons (Fsp3) is 0.571. The van der Waals surface area contributed by atoms with E-state index in [1.807, 2.05) is 13.0 Å². The molecule has 1 aromatic rings. The van der Waals surface area contributed by atoms with Crippen LogP contribution in [-0.4, -0.2) is 19.8 Å². The Morgan fingerprint density at radius 3 is 2.71 bits per heavy atom. The molecule has 1 rings (SSSR count). The highest BCUT2D eigenvalue weighted by atomic mass is 19.1. The highest BCUT2D eigenvalue weighted by Gasteiger charge is 2.03. The predicted octanol–water partition coefficient (Wildman–Crippen LogP) is 3.61. The lowest BCUT2D eigenvalue weighted by atomic mass is 10.1. The Morgan fingerprint density at radius 1 is 1.29 bits per heavy atom. The first kappa shape index (κ1) is 14.0. The molecule has 0 aliphatic heterocycles. The molecule has 96 valence electrons. The summed E-state index contributed by atoms with van der Waals surface area (Å²) in [5, 5.41) is 3.07. The molecular formula is C14H22FNO. The molecule has 2 nitrogen and oxygen atoms in total. The summed E-state index contributed by atoms with van der Waals surface area (Å²) in [6, 6.07) is 5.08.